The molecule has 0 radical (unpaired) electrons. The number of hydrogen-bond acceptors (Lipinski definition) is 2. The molecule has 2 heteroatoms. The van der Waals surface area contributed by atoms with Gasteiger partial charge in [-0.3, -0.25) is 0 Å². The van der Waals surface area contributed by atoms with Gasteiger partial charge in [0.25, 0.3) is 0 Å². The SMILES string of the molecule is C#CCOC1C2CC3C1OC(CCC)(CCC)C3C2. The van der Waals surface area contributed by atoms with Gasteiger partial charge in [0, 0.05) is 0 Å². The van der Waals surface area contributed by atoms with E-state index in [0.717, 1.165) is 11.8 Å². The third-order valence-electron chi connectivity index (χ3n) is 5.61. The molecule has 2 aliphatic carbocycles. The fourth-order valence-electron chi connectivity index (χ4n) is 5.21. The summed E-state index contributed by atoms with van der Waals surface area (Å²) in [6.07, 6.45) is 13.4. The molecule has 19 heavy (non-hydrogen) atoms. The average Bonchev–Trinajstić information content (AvgIpc) is 2.99. The number of terminal acetylenes is 1. The molecule has 3 fully saturated rings. The van der Waals surface area contributed by atoms with Gasteiger partial charge in [-0.25, -0.2) is 0 Å². The summed E-state index contributed by atoms with van der Waals surface area (Å²) in [5.74, 6) is 4.83. The fraction of sp³-hybridized carbons (Fsp3) is 0.882. The highest BCUT2D eigenvalue weighted by molar-refractivity contribution is 5.14. The Kier molecular flexibility index (Phi) is 3.62. The smallest absolute Gasteiger partial charge is 0.107 e. The Morgan fingerprint density at radius 2 is 2.00 bits per heavy atom. The lowest BCUT2D eigenvalue weighted by Crippen LogP contribution is -2.35. The van der Waals surface area contributed by atoms with Crippen LogP contribution in [0.1, 0.15) is 52.4 Å². The van der Waals surface area contributed by atoms with Gasteiger partial charge in [0.1, 0.15) is 6.61 Å². The molecule has 0 aromatic rings. The Balaban J connectivity index is 1.78. The maximum absolute atomic E-state index is 6.62. The zero-order valence-electron chi connectivity index (χ0n) is 12.2. The van der Waals surface area contributed by atoms with Crippen LogP contribution in [0.2, 0.25) is 0 Å². The summed E-state index contributed by atoms with van der Waals surface area (Å²) in [6.45, 7) is 4.99. The summed E-state index contributed by atoms with van der Waals surface area (Å²) in [5.41, 5.74) is 0.155. The molecule has 3 aliphatic rings. The molecule has 1 saturated heterocycles. The van der Waals surface area contributed by atoms with E-state index >= 15 is 0 Å². The molecule has 1 heterocycles. The molecular weight excluding hydrogens is 236 g/mol. The molecule has 0 aromatic heterocycles. The molecule has 2 nitrogen and oxygen atoms in total. The third-order valence-corrected chi connectivity index (χ3v) is 5.61. The number of rotatable bonds is 6. The first-order valence-corrected chi connectivity index (χ1v) is 7.98. The van der Waals surface area contributed by atoms with Crippen LogP contribution in [0.4, 0.5) is 0 Å². The van der Waals surface area contributed by atoms with Gasteiger partial charge in [0.2, 0.25) is 0 Å². The van der Waals surface area contributed by atoms with Crippen LogP contribution in [0.3, 0.4) is 0 Å². The summed E-state index contributed by atoms with van der Waals surface area (Å²) in [5, 5.41) is 0. The van der Waals surface area contributed by atoms with Gasteiger partial charge in [-0.2, -0.15) is 0 Å². The first kappa shape index (κ1) is 13.5. The minimum absolute atomic E-state index is 0.155. The molecule has 1 aliphatic heterocycles. The molecule has 0 N–H and O–H groups in total. The lowest BCUT2D eigenvalue weighted by Gasteiger charge is -2.33. The normalized spacial score (nSPS) is 41.6. The molecule has 3 rings (SSSR count). The second kappa shape index (κ2) is 5.11. The molecule has 0 aromatic carbocycles. The van der Waals surface area contributed by atoms with Crippen LogP contribution in [-0.2, 0) is 9.47 Å². The van der Waals surface area contributed by atoms with Gasteiger partial charge in [0.05, 0.1) is 17.8 Å². The number of ether oxygens (including phenoxy) is 2. The standard InChI is InChI=1S/C17H26O2/c1-4-7-17(8-5-2)14-11-12-10-13(14)16(19-17)15(12)18-9-6-3/h3,12-16H,4-5,7-11H2,1-2H3. The maximum atomic E-state index is 6.62. The van der Waals surface area contributed by atoms with Crippen LogP contribution in [0.25, 0.3) is 0 Å². The minimum atomic E-state index is 0.155. The Morgan fingerprint density at radius 1 is 1.26 bits per heavy atom. The second-order valence-electron chi connectivity index (χ2n) is 6.63. The van der Waals surface area contributed by atoms with Crippen molar-refractivity contribution in [2.45, 2.75) is 70.2 Å². The van der Waals surface area contributed by atoms with E-state index in [0.29, 0.717) is 18.6 Å². The molecule has 0 spiro atoms. The summed E-state index contributed by atoms with van der Waals surface area (Å²) in [4.78, 5) is 0. The zero-order chi connectivity index (χ0) is 13.5. The van der Waals surface area contributed by atoms with Crippen LogP contribution in [0.15, 0.2) is 0 Å². The molecule has 5 atom stereocenters. The van der Waals surface area contributed by atoms with E-state index in [1.54, 1.807) is 0 Å². The zero-order valence-corrected chi connectivity index (χ0v) is 12.2. The third kappa shape index (κ3) is 1.94. The quantitative estimate of drug-likeness (QED) is 0.683. The van der Waals surface area contributed by atoms with Gasteiger partial charge < -0.3 is 9.47 Å². The van der Waals surface area contributed by atoms with Crippen molar-refractivity contribution in [1.82, 2.24) is 0 Å². The van der Waals surface area contributed by atoms with Gasteiger partial charge in [-0.05, 0) is 43.4 Å². The Morgan fingerprint density at radius 3 is 2.63 bits per heavy atom. The summed E-state index contributed by atoms with van der Waals surface area (Å²) >= 11 is 0. The van der Waals surface area contributed by atoms with Gasteiger partial charge in [0.15, 0.2) is 0 Å². The topological polar surface area (TPSA) is 18.5 Å². The largest absolute Gasteiger partial charge is 0.368 e. The Bertz CT molecular complexity index is 364. The molecular formula is C17H26O2. The summed E-state index contributed by atoms with van der Waals surface area (Å²) in [7, 11) is 0. The molecule has 0 amide bonds. The van der Waals surface area contributed by atoms with Crippen molar-refractivity contribution in [3.8, 4) is 12.3 Å². The van der Waals surface area contributed by atoms with E-state index in [2.05, 4.69) is 19.8 Å². The lowest BCUT2D eigenvalue weighted by atomic mass is 9.74. The van der Waals surface area contributed by atoms with Crippen LogP contribution < -0.4 is 0 Å². The lowest BCUT2D eigenvalue weighted by molar-refractivity contribution is -0.107. The molecule has 106 valence electrons. The molecule has 2 saturated carbocycles. The van der Waals surface area contributed by atoms with Crippen molar-refractivity contribution in [1.29, 1.82) is 0 Å². The molecule has 2 bridgehead atoms. The van der Waals surface area contributed by atoms with E-state index in [1.807, 2.05) is 0 Å². The highest BCUT2D eigenvalue weighted by Gasteiger charge is 2.65. The van der Waals surface area contributed by atoms with Crippen molar-refractivity contribution < 1.29 is 9.47 Å². The number of hydrogen-bond donors (Lipinski definition) is 0. The first-order chi connectivity index (χ1) is 9.25. The van der Waals surface area contributed by atoms with E-state index < -0.39 is 0 Å². The van der Waals surface area contributed by atoms with Crippen molar-refractivity contribution in [3.05, 3.63) is 0 Å². The van der Waals surface area contributed by atoms with Crippen molar-refractivity contribution in [2.75, 3.05) is 6.61 Å². The summed E-state index contributed by atoms with van der Waals surface area (Å²) in [6, 6.07) is 0. The summed E-state index contributed by atoms with van der Waals surface area (Å²) < 4.78 is 12.5. The van der Waals surface area contributed by atoms with Crippen LogP contribution in [0, 0.1) is 30.1 Å². The minimum Gasteiger partial charge on any atom is -0.368 e. The Labute approximate surface area is 117 Å². The first-order valence-electron chi connectivity index (χ1n) is 7.98. The highest BCUT2D eigenvalue weighted by atomic mass is 16.6. The van der Waals surface area contributed by atoms with E-state index in [1.165, 1.54) is 38.5 Å². The van der Waals surface area contributed by atoms with Gasteiger partial charge in [-0.1, -0.05) is 32.6 Å². The van der Waals surface area contributed by atoms with Crippen LogP contribution >= 0.6 is 0 Å². The van der Waals surface area contributed by atoms with Crippen molar-refractivity contribution in [3.63, 3.8) is 0 Å². The van der Waals surface area contributed by atoms with E-state index in [4.69, 9.17) is 15.9 Å². The van der Waals surface area contributed by atoms with E-state index in [-0.39, 0.29) is 11.7 Å². The second-order valence-corrected chi connectivity index (χ2v) is 6.63. The highest BCUT2D eigenvalue weighted by Crippen LogP contribution is 2.62. The fourth-order valence-corrected chi connectivity index (χ4v) is 5.21. The monoisotopic (exact) mass is 262 g/mol. The maximum Gasteiger partial charge on any atom is 0.107 e. The predicted octanol–water partition coefficient (Wildman–Crippen LogP) is 3.40. The van der Waals surface area contributed by atoms with Gasteiger partial charge >= 0.3 is 0 Å². The number of fused-ring (bicyclic) bond motifs is 1. The van der Waals surface area contributed by atoms with Crippen molar-refractivity contribution in [2.24, 2.45) is 17.8 Å². The van der Waals surface area contributed by atoms with E-state index in [9.17, 15) is 0 Å². The predicted molar refractivity (Wildman–Crippen MR) is 75.7 cm³/mol. The van der Waals surface area contributed by atoms with Gasteiger partial charge in [-0.15, -0.1) is 6.42 Å². The average molecular weight is 262 g/mol. The Hall–Kier alpha value is -0.520. The molecule has 5 unspecified atom stereocenters. The van der Waals surface area contributed by atoms with Crippen LogP contribution in [-0.4, -0.2) is 24.4 Å². The van der Waals surface area contributed by atoms with Crippen molar-refractivity contribution >= 4 is 0 Å². The van der Waals surface area contributed by atoms with Crippen LogP contribution in [0.5, 0.6) is 0 Å².